The number of hydrogen-bond acceptors (Lipinski definition) is 1. The van der Waals surface area contributed by atoms with E-state index in [1.54, 1.807) is 0 Å². The van der Waals surface area contributed by atoms with E-state index in [4.69, 9.17) is 0 Å². The molecule has 0 atom stereocenters. The summed E-state index contributed by atoms with van der Waals surface area (Å²) in [6, 6.07) is 10.7. The van der Waals surface area contributed by atoms with Gasteiger partial charge >= 0.3 is 0 Å². The van der Waals surface area contributed by atoms with E-state index in [9.17, 15) is 0 Å². The van der Waals surface area contributed by atoms with E-state index in [0.717, 1.165) is 0 Å². The third-order valence-corrected chi connectivity index (χ3v) is 4.27. The second-order valence-electron chi connectivity index (χ2n) is 4.18. The molecule has 0 saturated carbocycles. The Balaban J connectivity index is 2.80. The summed E-state index contributed by atoms with van der Waals surface area (Å²) in [6.45, 7) is 8.54. The van der Waals surface area contributed by atoms with Crippen molar-refractivity contribution >= 4 is 11.8 Å². The Labute approximate surface area is 104 Å². The van der Waals surface area contributed by atoms with E-state index in [1.165, 1.54) is 30.6 Å². The lowest BCUT2D eigenvalue weighted by molar-refractivity contribution is 0.575. The summed E-state index contributed by atoms with van der Waals surface area (Å²) in [5.74, 6) is 0. The van der Waals surface area contributed by atoms with Gasteiger partial charge in [0.15, 0.2) is 0 Å². The molecule has 0 N–H and O–H groups in total. The molecule has 0 aliphatic rings. The van der Waals surface area contributed by atoms with Crippen LogP contribution in [0.4, 0.5) is 0 Å². The van der Waals surface area contributed by atoms with Crippen LogP contribution in [0.15, 0.2) is 47.9 Å². The highest BCUT2D eigenvalue weighted by Gasteiger charge is 2.25. The summed E-state index contributed by atoms with van der Waals surface area (Å²) >= 11 is 1.97. The molecule has 0 bridgehead atoms. The largest absolute Gasteiger partial charge is 0.115 e. The Morgan fingerprint density at radius 2 is 1.69 bits per heavy atom. The maximum Gasteiger partial charge on any atom is 0.0383 e. The summed E-state index contributed by atoms with van der Waals surface area (Å²) in [6.07, 6.45) is 7.00. The Kier molecular flexibility index (Phi) is 5.68. The quantitative estimate of drug-likeness (QED) is 0.455. The second kappa shape index (κ2) is 6.80. The van der Waals surface area contributed by atoms with Crippen molar-refractivity contribution in [3.8, 4) is 0 Å². The molecular formula is C15H22S. The lowest BCUT2D eigenvalue weighted by Gasteiger charge is -2.29. The molecule has 0 fully saturated rings. The van der Waals surface area contributed by atoms with E-state index >= 15 is 0 Å². The Hall–Kier alpha value is -0.690. The third-order valence-electron chi connectivity index (χ3n) is 2.78. The molecule has 0 radical (unpaired) electrons. The molecule has 88 valence electrons. The summed E-state index contributed by atoms with van der Waals surface area (Å²) in [7, 11) is 0. The van der Waals surface area contributed by atoms with Gasteiger partial charge in [0.25, 0.3) is 0 Å². The normalized spacial score (nSPS) is 11.4. The maximum atomic E-state index is 4.05. The average Bonchev–Trinajstić information content (AvgIpc) is 2.31. The molecule has 1 heteroatoms. The summed E-state index contributed by atoms with van der Waals surface area (Å²) < 4.78 is 0.227. The predicted octanol–water partition coefficient (Wildman–Crippen LogP) is 5.30. The highest BCUT2D eigenvalue weighted by molar-refractivity contribution is 8.00. The molecule has 0 spiro atoms. The van der Waals surface area contributed by atoms with E-state index in [1.807, 2.05) is 11.8 Å². The maximum absolute atomic E-state index is 4.05. The van der Waals surface area contributed by atoms with Crippen molar-refractivity contribution in [3.63, 3.8) is 0 Å². The fourth-order valence-corrected chi connectivity index (χ4v) is 3.50. The molecule has 16 heavy (non-hydrogen) atoms. The molecule has 0 amide bonds. The van der Waals surface area contributed by atoms with E-state index in [2.05, 4.69) is 56.8 Å². The van der Waals surface area contributed by atoms with Gasteiger partial charge in [-0.3, -0.25) is 0 Å². The van der Waals surface area contributed by atoms with Crippen molar-refractivity contribution in [2.24, 2.45) is 0 Å². The lowest BCUT2D eigenvalue weighted by Crippen LogP contribution is -2.20. The minimum absolute atomic E-state index is 0.227. The number of thioether (sulfide) groups is 1. The molecule has 1 aromatic carbocycles. The number of hydrogen-bond donors (Lipinski definition) is 0. The van der Waals surface area contributed by atoms with Crippen molar-refractivity contribution in [2.45, 2.75) is 49.2 Å². The fraction of sp³-hybridized carbons (Fsp3) is 0.467. The highest BCUT2D eigenvalue weighted by Crippen LogP contribution is 2.40. The monoisotopic (exact) mass is 234 g/mol. The van der Waals surface area contributed by atoms with Crippen LogP contribution in [0.1, 0.15) is 39.5 Å². The zero-order valence-corrected chi connectivity index (χ0v) is 11.2. The Morgan fingerprint density at radius 1 is 1.12 bits per heavy atom. The van der Waals surface area contributed by atoms with Crippen molar-refractivity contribution in [2.75, 3.05) is 0 Å². The fourth-order valence-electron chi connectivity index (χ4n) is 2.04. The standard InChI is InChI=1S/C15H22S/c1-4-12-15(6-3,13-5-2)16-14-10-8-7-9-11-14/h6-11H,3-5,12-13H2,1-2H3. The third kappa shape index (κ3) is 3.71. The van der Waals surface area contributed by atoms with Crippen LogP contribution in [0.2, 0.25) is 0 Å². The van der Waals surface area contributed by atoms with Gasteiger partial charge in [-0.15, -0.1) is 18.3 Å². The van der Waals surface area contributed by atoms with Gasteiger partial charge < -0.3 is 0 Å². The van der Waals surface area contributed by atoms with E-state index in [-0.39, 0.29) is 4.75 Å². The smallest absolute Gasteiger partial charge is 0.0383 e. The van der Waals surface area contributed by atoms with Crippen molar-refractivity contribution < 1.29 is 0 Å². The van der Waals surface area contributed by atoms with Crippen LogP contribution >= 0.6 is 11.8 Å². The van der Waals surface area contributed by atoms with Gasteiger partial charge in [-0.1, -0.05) is 51.0 Å². The summed E-state index contributed by atoms with van der Waals surface area (Å²) in [5, 5.41) is 0. The minimum Gasteiger partial charge on any atom is -0.115 e. The first-order valence-electron chi connectivity index (χ1n) is 6.14. The zero-order valence-electron chi connectivity index (χ0n) is 10.4. The van der Waals surface area contributed by atoms with E-state index < -0.39 is 0 Å². The van der Waals surface area contributed by atoms with Crippen molar-refractivity contribution in [3.05, 3.63) is 43.0 Å². The van der Waals surface area contributed by atoms with Crippen LogP contribution in [-0.2, 0) is 0 Å². The van der Waals surface area contributed by atoms with Crippen LogP contribution in [-0.4, -0.2) is 4.75 Å². The number of benzene rings is 1. The summed E-state index contributed by atoms with van der Waals surface area (Å²) in [5.41, 5.74) is 0. The zero-order chi connectivity index (χ0) is 11.9. The van der Waals surface area contributed by atoms with Gasteiger partial charge in [0, 0.05) is 9.64 Å². The van der Waals surface area contributed by atoms with Crippen LogP contribution in [0, 0.1) is 0 Å². The molecule has 0 aliphatic heterocycles. The molecule has 0 heterocycles. The van der Waals surface area contributed by atoms with Crippen LogP contribution in [0.3, 0.4) is 0 Å². The number of rotatable bonds is 7. The SMILES string of the molecule is C=CC(CCC)(CCC)Sc1ccccc1. The topological polar surface area (TPSA) is 0 Å². The first kappa shape index (κ1) is 13.4. The van der Waals surface area contributed by atoms with Gasteiger partial charge in [-0.05, 0) is 25.0 Å². The van der Waals surface area contributed by atoms with Gasteiger partial charge in [0.1, 0.15) is 0 Å². The highest BCUT2D eigenvalue weighted by atomic mass is 32.2. The molecule has 0 nitrogen and oxygen atoms in total. The molecule has 0 saturated heterocycles. The van der Waals surface area contributed by atoms with Crippen LogP contribution in [0.5, 0.6) is 0 Å². The molecular weight excluding hydrogens is 212 g/mol. The van der Waals surface area contributed by atoms with Gasteiger partial charge in [-0.2, -0.15) is 0 Å². The van der Waals surface area contributed by atoms with Crippen molar-refractivity contribution in [1.82, 2.24) is 0 Å². The first-order valence-corrected chi connectivity index (χ1v) is 6.95. The van der Waals surface area contributed by atoms with Crippen molar-refractivity contribution in [1.29, 1.82) is 0 Å². The average molecular weight is 234 g/mol. The van der Waals surface area contributed by atoms with E-state index in [0.29, 0.717) is 0 Å². The van der Waals surface area contributed by atoms with Crippen LogP contribution < -0.4 is 0 Å². The van der Waals surface area contributed by atoms with Gasteiger partial charge in [0.2, 0.25) is 0 Å². The summed E-state index contributed by atoms with van der Waals surface area (Å²) in [4.78, 5) is 1.35. The van der Waals surface area contributed by atoms with Gasteiger partial charge in [0.05, 0.1) is 0 Å². The molecule has 0 aliphatic carbocycles. The lowest BCUT2D eigenvalue weighted by atomic mass is 9.97. The Bertz CT molecular complexity index is 296. The molecule has 1 aromatic rings. The predicted molar refractivity (Wildman–Crippen MR) is 75.0 cm³/mol. The van der Waals surface area contributed by atoms with Crippen LogP contribution in [0.25, 0.3) is 0 Å². The molecule has 0 unspecified atom stereocenters. The Morgan fingerprint density at radius 3 is 2.12 bits per heavy atom. The first-order chi connectivity index (χ1) is 7.76. The minimum atomic E-state index is 0.227. The second-order valence-corrected chi connectivity index (χ2v) is 5.67. The molecule has 1 rings (SSSR count). The molecule has 0 aromatic heterocycles. The van der Waals surface area contributed by atoms with Gasteiger partial charge in [-0.25, -0.2) is 0 Å².